The molecule has 0 radical (unpaired) electrons. The SMILES string of the molecule is Cc1ccc2c(c1)N(C(=O)c1ccc(C(=O)O)s1)CCC2. The molecule has 4 nitrogen and oxygen atoms in total. The number of benzene rings is 1. The van der Waals surface area contributed by atoms with E-state index in [4.69, 9.17) is 5.11 Å². The Labute approximate surface area is 126 Å². The molecule has 0 fully saturated rings. The van der Waals surface area contributed by atoms with Crippen LogP contribution < -0.4 is 4.90 Å². The van der Waals surface area contributed by atoms with Gasteiger partial charge in [-0.1, -0.05) is 12.1 Å². The van der Waals surface area contributed by atoms with Crippen LogP contribution in [0.15, 0.2) is 30.3 Å². The van der Waals surface area contributed by atoms with Crippen molar-refractivity contribution in [2.45, 2.75) is 19.8 Å². The lowest BCUT2D eigenvalue weighted by Gasteiger charge is -2.29. The molecule has 0 atom stereocenters. The maximum atomic E-state index is 12.7. The van der Waals surface area contributed by atoms with E-state index in [1.807, 2.05) is 13.0 Å². The van der Waals surface area contributed by atoms with Crippen LogP contribution in [0, 0.1) is 6.92 Å². The summed E-state index contributed by atoms with van der Waals surface area (Å²) in [4.78, 5) is 26.0. The Kier molecular flexibility index (Phi) is 3.51. The summed E-state index contributed by atoms with van der Waals surface area (Å²) in [5, 5.41) is 8.97. The molecule has 0 saturated carbocycles. The van der Waals surface area contributed by atoms with Gasteiger partial charge < -0.3 is 10.0 Å². The van der Waals surface area contributed by atoms with Crippen LogP contribution in [-0.4, -0.2) is 23.5 Å². The summed E-state index contributed by atoms with van der Waals surface area (Å²) in [5.41, 5.74) is 3.25. The molecule has 21 heavy (non-hydrogen) atoms. The van der Waals surface area contributed by atoms with E-state index in [1.165, 1.54) is 11.6 Å². The van der Waals surface area contributed by atoms with Crippen molar-refractivity contribution >= 4 is 28.9 Å². The molecular weight excluding hydrogens is 286 g/mol. The van der Waals surface area contributed by atoms with Crippen molar-refractivity contribution in [3.05, 3.63) is 51.2 Å². The predicted octanol–water partition coefficient (Wildman–Crippen LogP) is 3.35. The summed E-state index contributed by atoms with van der Waals surface area (Å²) in [6.07, 6.45) is 1.91. The Morgan fingerprint density at radius 1 is 1.19 bits per heavy atom. The summed E-state index contributed by atoms with van der Waals surface area (Å²) in [6, 6.07) is 9.24. The number of hydrogen-bond acceptors (Lipinski definition) is 3. The van der Waals surface area contributed by atoms with E-state index in [1.54, 1.807) is 11.0 Å². The van der Waals surface area contributed by atoms with Gasteiger partial charge in [-0.3, -0.25) is 4.79 Å². The highest BCUT2D eigenvalue weighted by molar-refractivity contribution is 7.16. The van der Waals surface area contributed by atoms with Gasteiger partial charge in [0.1, 0.15) is 4.88 Å². The number of carbonyl (C=O) groups is 2. The molecule has 5 heteroatoms. The quantitative estimate of drug-likeness (QED) is 0.925. The van der Waals surface area contributed by atoms with Crippen LogP contribution in [0.1, 0.15) is 36.9 Å². The maximum Gasteiger partial charge on any atom is 0.345 e. The van der Waals surface area contributed by atoms with Gasteiger partial charge in [0.05, 0.1) is 4.88 Å². The highest BCUT2D eigenvalue weighted by Crippen LogP contribution is 2.30. The lowest BCUT2D eigenvalue weighted by Crippen LogP contribution is -2.35. The van der Waals surface area contributed by atoms with E-state index < -0.39 is 5.97 Å². The van der Waals surface area contributed by atoms with Crippen molar-refractivity contribution in [3.8, 4) is 0 Å². The third-order valence-corrected chi connectivity index (χ3v) is 4.69. The number of nitrogens with zero attached hydrogens (tertiary/aromatic N) is 1. The third-order valence-electron chi connectivity index (χ3n) is 3.63. The number of carboxylic acid groups (broad SMARTS) is 1. The van der Waals surface area contributed by atoms with Crippen LogP contribution >= 0.6 is 11.3 Å². The number of hydrogen-bond donors (Lipinski definition) is 1. The van der Waals surface area contributed by atoms with Gasteiger partial charge >= 0.3 is 5.97 Å². The molecule has 0 bridgehead atoms. The molecule has 0 saturated heterocycles. The number of carbonyl (C=O) groups excluding carboxylic acids is 1. The molecule has 0 spiro atoms. The molecule has 1 amide bonds. The third kappa shape index (κ3) is 2.56. The smallest absolute Gasteiger partial charge is 0.345 e. The average molecular weight is 301 g/mol. The van der Waals surface area contributed by atoms with Crippen molar-refractivity contribution < 1.29 is 14.7 Å². The fourth-order valence-electron chi connectivity index (χ4n) is 2.60. The second-order valence-corrected chi connectivity index (χ2v) is 6.25. The second-order valence-electron chi connectivity index (χ2n) is 5.16. The lowest BCUT2D eigenvalue weighted by atomic mass is 10.00. The molecule has 2 heterocycles. The van der Waals surface area contributed by atoms with Crippen molar-refractivity contribution in [1.82, 2.24) is 0 Å². The topological polar surface area (TPSA) is 57.6 Å². The van der Waals surface area contributed by atoms with E-state index >= 15 is 0 Å². The number of amides is 1. The number of fused-ring (bicyclic) bond motifs is 1. The van der Waals surface area contributed by atoms with E-state index in [0.717, 1.165) is 35.4 Å². The van der Waals surface area contributed by atoms with Crippen molar-refractivity contribution in [2.75, 3.05) is 11.4 Å². The molecule has 1 aromatic carbocycles. The minimum atomic E-state index is -0.992. The standard InChI is InChI=1S/C16H15NO3S/c1-10-4-5-11-3-2-8-17(12(11)9-10)15(18)13-6-7-14(21-13)16(19)20/h4-7,9H,2-3,8H2,1H3,(H,19,20). The zero-order chi connectivity index (χ0) is 15.0. The monoisotopic (exact) mass is 301 g/mol. The van der Waals surface area contributed by atoms with Gasteiger partial charge in [0, 0.05) is 12.2 Å². The minimum Gasteiger partial charge on any atom is -0.477 e. The number of thiophene rings is 1. The van der Waals surface area contributed by atoms with Gasteiger partial charge in [-0.05, 0) is 49.1 Å². The maximum absolute atomic E-state index is 12.7. The van der Waals surface area contributed by atoms with Crippen LogP contribution in [0.2, 0.25) is 0 Å². The highest BCUT2D eigenvalue weighted by Gasteiger charge is 2.25. The number of carboxylic acids is 1. The molecular formula is C16H15NO3S. The Morgan fingerprint density at radius 3 is 2.67 bits per heavy atom. The van der Waals surface area contributed by atoms with E-state index in [2.05, 4.69) is 12.1 Å². The zero-order valence-electron chi connectivity index (χ0n) is 11.6. The molecule has 1 N–H and O–H groups in total. The van der Waals surface area contributed by atoms with E-state index in [-0.39, 0.29) is 10.8 Å². The molecule has 108 valence electrons. The molecule has 1 aliphatic heterocycles. The Balaban J connectivity index is 1.95. The first kappa shape index (κ1) is 13.8. The Morgan fingerprint density at radius 2 is 1.95 bits per heavy atom. The Bertz CT molecular complexity index is 720. The van der Waals surface area contributed by atoms with Crippen LogP contribution in [0.4, 0.5) is 5.69 Å². The normalized spacial score (nSPS) is 13.9. The Hall–Kier alpha value is -2.14. The number of aryl methyl sites for hydroxylation is 2. The predicted molar refractivity (Wildman–Crippen MR) is 82.5 cm³/mol. The minimum absolute atomic E-state index is 0.112. The summed E-state index contributed by atoms with van der Waals surface area (Å²) in [5.74, 6) is -1.10. The molecule has 3 rings (SSSR count). The average Bonchev–Trinajstić information content (AvgIpc) is 2.96. The molecule has 0 unspecified atom stereocenters. The van der Waals surface area contributed by atoms with Crippen LogP contribution in [-0.2, 0) is 6.42 Å². The summed E-state index contributed by atoms with van der Waals surface area (Å²) in [6.45, 7) is 2.68. The first-order valence-electron chi connectivity index (χ1n) is 6.81. The van der Waals surface area contributed by atoms with Gasteiger partial charge in [0.2, 0.25) is 0 Å². The largest absolute Gasteiger partial charge is 0.477 e. The van der Waals surface area contributed by atoms with Crippen LogP contribution in [0.5, 0.6) is 0 Å². The number of aromatic carboxylic acids is 1. The zero-order valence-corrected chi connectivity index (χ0v) is 12.4. The first-order chi connectivity index (χ1) is 10.1. The molecule has 1 aromatic heterocycles. The first-order valence-corrected chi connectivity index (χ1v) is 7.62. The second kappa shape index (κ2) is 5.33. The number of anilines is 1. The number of rotatable bonds is 2. The van der Waals surface area contributed by atoms with E-state index in [9.17, 15) is 9.59 Å². The lowest BCUT2D eigenvalue weighted by molar-refractivity contribution is 0.0702. The van der Waals surface area contributed by atoms with Crippen molar-refractivity contribution in [3.63, 3.8) is 0 Å². The van der Waals surface area contributed by atoms with Gasteiger partial charge in [-0.2, -0.15) is 0 Å². The summed E-state index contributed by atoms with van der Waals surface area (Å²) >= 11 is 1.03. The van der Waals surface area contributed by atoms with Gasteiger partial charge in [-0.15, -0.1) is 11.3 Å². The molecule has 0 aliphatic carbocycles. The van der Waals surface area contributed by atoms with E-state index in [0.29, 0.717) is 11.4 Å². The fraction of sp³-hybridized carbons (Fsp3) is 0.250. The molecule has 2 aromatic rings. The van der Waals surface area contributed by atoms with Crippen LogP contribution in [0.25, 0.3) is 0 Å². The summed E-state index contributed by atoms with van der Waals surface area (Å²) in [7, 11) is 0. The van der Waals surface area contributed by atoms with Gasteiger partial charge in [0.25, 0.3) is 5.91 Å². The summed E-state index contributed by atoms with van der Waals surface area (Å²) < 4.78 is 0. The fourth-order valence-corrected chi connectivity index (χ4v) is 3.39. The molecule has 1 aliphatic rings. The van der Waals surface area contributed by atoms with Gasteiger partial charge in [-0.25, -0.2) is 4.79 Å². The highest BCUT2D eigenvalue weighted by atomic mass is 32.1. The van der Waals surface area contributed by atoms with Crippen molar-refractivity contribution in [2.24, 2.45) is 0 Å². The van der Waals surface area contributed by atoms with Crippen LogP contribution in [0.3, 0.4) is 0 Å². The van der Waals surface area contributed by atoms with Crippen molar-refractivity contribution in [1.29, 1.82) is 0 Å². The van der Waals surface area contributed by atoms with Gasteiger partial charge in [0.15, 0.2) is 0 Å².